The molecule has 0 amide bonds. The SMILES string of the molecule is COc1ccc(C(F)(F)OC2CCC(C3CCC(c4ccc(OC(F)(F)F)cc4)CC3)CC2)cc1. The van der Waals surface area contributed by atoms with Gasteiger partial charge in [-0.1, -0.05) is 12.1 Å². The molecular formula is C27H31F5O3. The average Bonchev–Trinajstić information content (AvgIpc) is 2.84. The Morgan fingerprint density at radius 3 is 1.69 bits per heavy atom. The molecule has 0 radical (unpaired) electrons. The molecule has 192 valence electrons. The van der Waals surface area contributed by atoms with Gasteiger partial charge in [0, 0.05) is 0 Å². The molecule has 0 atom stereocenters. The summed E-state index contributed by atoms with van der Waals surface area (Å²) in [6, 6.07) is 11.9. The maximum atomic E-state index is 14.6. The van der Waals surface area contributed by atoms with E-state index in [1.165, 1.54) is 43.5 Å². The zero-order valence-electron chi connectivity index (χ0n) is 19.7. The van der Waals surface area contributed by atoms with Crippen LogP contribution < -0.4 is 9.47 Å². The predicted octanol–water partition coefficient (Wildman–Crippen LogP) is 8.19. The molecule has 2 aliphatic rings. The number of benzene rings is 2. The van der Waals surface area contributed by atoms with E-state index in [-0.39, 0.29) is 11.3 Å². The molecule has 0 unspecified atom stereocenters. The zero-order chi connectivity index (χ0) is 25.1. The lowest BCUT2D eigenvalue weighted by Crippen LogP contribution is -2.32. The number of alkyl halides is 5. The highest BCUT2D eigenvalue weighted by Gasteiger charge is 2.39. The molecule has 0 heterocycles. The van der Waals surface area contributed by atoms with Crippen LogP contribution in [0.1, 0.15) is 68.4 Å². The molecule has 2 aromatic carbocycles. The van der Waals surface area contributed by atoms with Crippen LogP contribution in [0.25, 0.3) is 0 Å². The normalized spacial score (nSPS) is 25.8. The predicted molar refractivity (Wildman–Crippen MR) is 122 cm³/mol. The van der Waals surface area contributed by atoms with Gasteiger partial charge in [-0.2, -0.15) is 8.78 Å². The highest BCUT2D eigenvalue weighted by molar-refractivity contribution is 5.30. The first kappa shape index (κ1) is 25.7. The monoisotopic (exact) mass is 498 g/mol. The molecule has 0 N–H and O–H groups in total. The van der Waals surface area contributed by atoms with Gasteiger partial charge in [0.15, 0.2) is 0 Å². The summed E-state index contributed by atoms with van der Waals surface area (Å²) in [7, 11) is 1.49. The van der Waals surface area contributed by atoms with Gasteiger partial charge in [-0.15, -0.1) is 13.2 Å². The Labute approximate surface area is 202 Å². The van der Waals surface area contributed by atoms with Crippen LogP contribution in [0, 0.1) is 11.8 Å². The molecule has 2 fully saturated rings. The van der Waals surface area contributed by atoms with Crippen molar-refractivity contribution in [2.75, 3.05) is 7.11 Å². The van der Waals surface area contributed by atoms with Crippen molar-refractivity contribution in [3.63, 3.8) is 0 Å². The number of halogens is 5. The molecule has 2 aromatic rings. The molecule has 2 saturated carbocycles. The number of hydrogen-bond donors (Lipinski definition) is 0. The second kappa shape index (κ2) is 10.7. The Hall–Kier alpha value is -2.35. The van der Waals surface area contributed by atoms with E-state index in [2.05, 4.69) is 4.74 Å². The van der Waals surface area contributed by atoms with Crippen LogP contribution in [-0.2, 0) is 10.8 Å². The molecule has 0 bridgehead atoms. The van der Waals surface area contributed by atoms with E-state index in [1.807, 2.05) is 0 Å². The third-order valence-electron chi connectivity index (χ3n) is 7.48. The molecule has 0 spiro atoms. The van der Waals surface area contributed by atoms with Crippen LogP contribution in [0.4, 0.5) is 22.0 Å². The van der Waals surface area contributed by atoms with Crippen LogP contribution in [0.3, 0.4) is 0 Å². The first-order valence-electron chi connectivity index (χ1n) is 12.2. The van der Waals surface area contributed by atoms with Gasteiger partial charge in [0.2, 0.25) is 0 Å². The Bertz CT molecular complexity index is 927. The van der Waals surface area contributed by atoms with Crippen LogP contribution in [0.2, 0.25) is 0 Å². The second-order valence-corrected chi connectivity index (χ2v) is 9.63. The third kappa shape index (κ3) is 6.87. The molecule has 4 rings (SSSR count). The van der Waals surface area contributed by atoms with Gasteiger partial charge in [-0.05, 0) is 111 Å². The van der Waals surface area contributed by atoms with Crippen molar-refractivity contribution in [2.45, 2.75) is 75.9 Å². The van der Waals surface area contributed by atoms with E-state index in [1.54, 1.807) is 12.1 Å². The molecule has 35 heavy (non-hydrogen) atoms. The lowest BCUT2D eigenvalue weighted by atomic mass is 9.69. The second-order valence-electron chi connectivity index (χ2n) is 9.63. The summed E-state index contributed by atoms with van der Waals surface area (Å²) in [6.07, 6.45) is -1.42. The van der Waals surface area contributed by atoms with Gasteiger partial charge in [-0.25, -0.2) is 0 Å². The van der Waals surface area contributed by atoms with Crippen LogP contribution in [0.15, 0.2) is 48.5 Å². The summed E-state index contributed by atoms with van der Waals surface area (Å²) in [5.74, 6) is 1.71. The third-order valence-corrected chi connectivity index (χ3v) is 7.48. The minimum absolute atomic E-state index is 0.170. The van der Waals surface area contributed by atoms with Gasteiger partial charge in [0.1, 0.15) is 11.5 Å². The lowest BCUT2D eigenvalue weighted by Gasteiger charge is -2.38. The molecule has 0 aromatic heterocycles. The number of ether oxygens (including phenoxy) is 3. The Balaban J connectivity index is 1.22. The van der Waals surface area contributed by atoms with Gasteiger partial charge >= 0.3 is 12.5 Å². The number of rotatable bonds is 7. The molecule has 0 aliphatic heterocycles. The lowest BCUT2D eigenvalue weighted by molar-refractivity contribution is -0.278. The molecule has 0 saturated heterocycles. The van der Waals surface area contributed by atoms with Gasteiger partial charge < -0.3 is 14.2 Å². The van der Waals surface area contributed by atoms with Gasteiger partial charge in [-0.3, -0.25) is 0 Å². The van der Waals surface area contributed by atoms with Crippen molar-refractivity contribution < 1.29 is 36.2 Å². The van der Waals surface area contributed by atoms with E-state index in [0.29, 0.717) is 36.3 Å². The summed E-state index contributed by atoms with van der Waals surface area (Å²) >= 11 is 0. The quantitative estimate of drug-likeness (QED) is 0.360. The van der Waals surface area contributed by atoms with Crippen molar-refractivity contribution >= 4 is 0 Å². The maximum Gasteiger partial charge on any atom is 0.573 e. The van der Waals surface area contributed by atoms with Crippen LogP contribution in [-0.4, -0.2) is 19.6 Å². The van der Waals surface area contributed by atoms with Crippen molar-refractivity contribution in [1.29, 1.82) is 0 Å². The largest absolute Gasteiger partial charge is 0.573 e. The van der Waals surface area contributed by atoms with Crippen molar-refractivity contribution in [3.8, 4) is 11.5 Å². The maximum absolute atomic E-state index is 14.6. The minimum Gasteiger partial charge on any atom is -0.497 e. The first-order valence-corrected chi connectivity index (χ1v) is 12.2. The average molecular weight is 499 g/mol. The highest BCUT2D eigenvalue weighted by atomic mass is 19.4. The fourth-order valence-corrected chi connectivity index (χ4v) is 5.61. The summed E-state index contributed by atoms with van der Waals surface area (Å²) in [5.41, 5.74) is 0.868. The summed E-state index contributed by atoms with van der Waals surface area (Å²) < 4.78 is 80.5. The Morgan fingerprint density at radius 1 is 0.657 bits per heavy atom. The van der Waals surface area contributed by atoms with Crippen molar-refractivity contribution in [3.05, 3.63) is 59.7 Å². The number of hydrogen-bond acceptors (Lipinski definition) is 3. The van der Waals surface area contributed by atoms with E-state index < -0.39 is 18.6 Å². The topological polar surface area (TPSA) is 27.7 Å². The summed E-state index contributed by atoms with van der Waals surface area (Å²) in [4.78, 5) is 0. The van der Waals surface area contributed by atoms with Crippen LogP contribution >= 0.6 is 0 Å². The standard InChI is InChI=1S/C27H31F5O3/c1-33-23-16-10-22(11-17-23)26(28,29)34-24-12-6-20(7-13-24)18-2-4-19(5-3-18)21-8-14-25(15-9-21)35-27(30,31)32/h8-11,14-20,24H,2-7,12-13H2,1H3. The van der Waals surface area contributed by atoms with Crippen LogP contribution in [0.5, 0.6) is 11.5 Å². The first-order chi connectivity index (χ1) is 16.6. The molecular weight excluding hydrogens is 467 g/mol. The smallest absolute Gasteiger partial charge is 0.497 e. The van der Waals surface area contributed by atoms with Gasteiger partial charge in [0.25, 0.3) is 0 Å². The minimum atomic E-state index is -4.69. The Kier molecular flexibility index (Phi) is 7.89. The number of methoxy groups -OCH3 is 1. The summed E-state index contributed by atoms with van der Waals surface area (Å²) in [5, 5.41) is 0. The van der Waals surface area contributed by atoms with Gasteiger partial charge in [0.05, 0.1) is 18.8 Å². The van der Waals surface area contributed by atoms with E-state index in [9.17, 15) is 22.0 Å². The van der Waals surface area contributed by atoms with Crippen molar-refractivity contribution in [1.82, 2.24) is 0 Å². The summed E-state index contributed by atoms with van der Waals surface area (Å²) in [6.45, 7) is 0. The molecule has 3 nitrogen and oxygen atoms in total. The molecule has 2 aliphatic carbocycles. The fourth-order valence-electron chi connectivity index (χ4n) is 5.61. The highest BCUT2D eigenvalue weighted by Crippen LogP contribution is 2.44. The van der Waals surface area contributed by atoms with E-state index >= 15 is 0 Å². The zero-order valence-corrected chi connectivity index (χ0v) is 19.7. The Morgan fingerprint density at radius 2 is 1.17 bits per heavy atom. The van der Waals surface area contributed by atoms with E-state index in [0.717, 1.165) is 44.1 Å². The fraction of sp³-hybridized carbons (Fsp3) is 0.556. The van der Waals surface area contributed by atoms with Crippen molar-refractivity contribution in [2.24, 2.45) is 11.8 Å². The molecule has 8 heteroatoms. The van der Waals surface area contributed by atoms with E-state index in [4.69, 9.17) is 9.47 Å².